The number of hydrogen-bond donors (Lipinski definition) is 3. The summed E-state index contributed by atoms with van der Waals surface area (Å²) in [5.74, 6) is -1.76. The Morgan fingerprint density at radius 1 is 0.867 bits per heavy atom. The SMILES string of the molecule is O=C(NCC1CCCCC1)C1=C(NC(=O)C2CCCCC2C(=O)O)CC2=C1CCC2. The second kappa shape index (κ2) is 9.36. The van der Waals surface area contributed by atoms with Crippen LogP contribution < -0.4 is 10.6 Å². The van der Waals surface area contributed by atoms with Crippen LogP contribution in [0.3, 0.4) is 0 Å². The van der Waals surface area contributed by atoms with Gasteiger partial charge in [-0.05, 0) is 56.4 Å². The highest BCUT2D eigenvalue weighted by molar-refractivity contribution is 6.01. The number of carbonyl (C=O) groups excluding carboxylic acids is 2. The molecule has 0 spiro atoms. The summed E-state index contributed by atoms with van der Waals surface area (Å²) in [7, 11) is 0. The molecule has 4 aliphatic rings. The zero-order valence-corrected chi connectivity index (χ0v) is 17.8. The number of rotatable bonds is 6. The molecule has 0 aliphatic heterocycles. The topological polar surface area (TPSA) is 95.5 Å². The lowest BCUT2D eigenvalue weighted by Crippen LogP contribution is -2.40. The maximum atomic E-state index is 13.1. The van der Waals surface area contributed by atoms with E-state index >= 15 is 0 Å². The first-order valence-electron chi connectivity index (χ1n) is 11.8. The number of amides is 2. The van der Waals surface area contributed by atoms with Gasteiger partial charge in [-0.3, -0.25) is 14.4 Å². The summed E-state index contributed by atoms with van der Waals surface area (Å²) in [6.07, 6.45) is 12.6. The largest absolute Gasteiger partial charge is 0.481 e. The summed E-state index contributed by atoms with van der Waals surface area (Å²) in [5, 5.41) is 15.7. The van der Waals surface area contributed by atoms with Crippen LogP contribution in [-0.2, 0) is 14.4 Å². The van der Waals surface area contributed by atoms with Gasteiger partial charge in [-0.1, -0.05) is 37.7 Å². The van der Waals surface area contributed by atoms with Gasteiger partial charge in [0, 0.05) is 18.7 Å². The molecular formula is C24H34N2O4. The molecule has 2 saturated carbocycles. The van der Waals surface area contributed by atoms with Gasteiger partial charge < -0.3 is 15.7 Å². The van der Waals surface area contributed by atoms with Crippen LogP contribution >= 0.6 is 0 Å². The van der Waals surface area contributed by atoms with Crippen LogP contribution in [0.25, 0.3) is 0 Å². The van der Waals surface area contributed by atoms with E-state index < -0.39 is 17.8 Å². The standard InChI is InChI=1S/C24H34N2O4/c27-22(18-10-4-5-11-19(18)24(29)30)26-20-13-16-9-6-12-17(16)21(20)23(28)25-14-15-7-2-1-3-8-15/h15,18-19H,1-14H2,(H,25,28)(H,26,27)(H,29,30). The molecule has 30 heavy (non-hydrogen) atoms. The predicted octanol–water partition coefficient (Wildman–Crippen LogP) is 3.83. The smallest absolute Gasteiger partial charge is 0.307 e. The van der Waals surface area contributed by atoms with Crippen LogP contribution in [0.5, 0.6) is 0 Å². The minimum absolute atomic E-state index is 0.0683. The molecule has 0 aromatic carbocycles. The molecule has 0 aromatic rings. The van der Waals surface area contributed by atoms with Crippen LogP contribution in [0.2, 0.25) is 0 Å². The summed E-state index contributed by atoms with van der Waals surface area (Å²) in [6, 6.07) is 0. The molecule has 6 nitrogen and oxygen atoms in total. The molecule has 2 atom stereocenters. The van der Waals surface area contributed by atoms with E-state index in [-0.39, 0.29) is 11.8 Å². The van der Waals surface area contributed by atoms with Crippen LogP contribution in [0.4, 0.5) is 0 Å². The van der Waals surface area contributed by atoms with Crippen molar-refractivity contribution in [2.45, 2.75) is 83.5 Å². The monoisotopic (exact) mass is 414 g/mol. The van der Waals surface area contributed by atoms with E-state index in [1.54, 1.807) is 0 Å². The number of carboxylic acid groups (broad SMARTS) is 1. The third kappa shape index (κ3) is 4.47. The zero-order valence-electron chi connectivity index (χ0n) is 17.8. The molecule has 2 fully saturated rings. The maximum absolute atomic E-state index is 13.1. The van der Waals surface area contributed by atoms with E-state index in [9.17, 15) is 19.5 Å². The van der Waals surface area contributed by atoms with Crippen molar-refractivity contribution in [2.75, 3.05) is 6.54 Å². The van der Waals surface area contributed by atoms with Gasteiger partial charge in [0.05, 0.1) is 17.4 Å². The lowest BCUT2D eigenvalue weighted by molar-refractivity contribution is -0.148. The average molecular weight is 415 g/mol. The Bertz CT molecular complexity index is 776. The Kier molecular flexibility index (Phi) is 6.59. The van der Waals surface area contributed by atoms with E-state index in [1.165, 1.54) is 37.7 Å². The molecule has 2 unspecified atom stereocenters. The third-order valence-corrected chi connectivity index (χ3v) is 7.52. The van der Waals surface area contributed by atoms with Gasteiger partial charge in [0.1, 0.15) is 0 Å². The average Bonchev–Trinajstić information content (AvgIpc) is 3.33. The van der Waals surface area contributed by atoms with Crippen molar-refractivity contribution in [1.82, 2.24) is 10.6 Å². The maximum Gasteiger partial charge on any atom is 0.307 e. The highest BCUT2D eigenvalue weighted by Crippen LogP contribution is 2.42. The van der Waals surface area contributed by atoms with Crippen LogP contribution in [0, 0.1) is 17.8 Å². The first kappa shape index (κ1) is 21.1. The van der Waals surface area contributed by atoms with Gasteiger partial charge in [-0.15, -0.1) is 0 Å². The molecule has 0 saturated heterocycles. The molecule has 6 heteroatoms. The van der Waals surface area contributed by atoms with Crippen LogP contribution in [0.1, 0.15) is 83.5 Å². The normalized spacial score (nSPS) is 27.2. The number of allylic oxidation sites excluding steroid dienone is 1. The first-order chi connectivity index (χ1) is 14.5. The quantitative estimate of drug-likeness (QED) is 0.615. The fourth-order valence-electron chi connectivity index (χ4n) is 5.87. The number of carbonyl (C=O) groups is 3. The molecule has 4 aliphatic carbocycles. The summed E-state index contributed by atoms with van der Waals surface area (Å²) in [5.41, 5.74) is 3.74. The van der Waals surface area contributed by atoms with Crippen LogP contribution in [-0.4, -0.2) is 29.4 Å². The van der Waals surface area contributed by atoms with E-state index in [1.807, 2.05) is 0 Å². The van der Waals surface area contributed by atoms with Gasteiger partial charge >= 0.3 is 5.97 Å². The molecule has 0 heterocycles. The van der Waals surface area contributed by atoms with Gasteiger partial charge in [0.2, 0.25) is 5.91 Å². The van der Waals surface area contributed by atoms with Crippen LogP contribution in [0.15, 0.2) is 22.4 Å². The summed E-state index contributed by atoms with van der Waals surface area (Å²) >= 11 is 0. The highest BCUT2D eigenvalue weighted by Gasteiger charge is 2.38. The molecule has 0 radical (unpaired) electrons. The molecule has 3 N–H and O–H groups in total. The Hall–Kier alpha value is -2.11. The Balaban J connectivity index is 1.47. The summed E-state index contributed by atoms with van der Waals surface area (Å²) in [4.78, 5) is 37.7. The molecule has 2 amide bonds. The van der Waals surface area contributed by atoms with E-state index in [2.05, 4.69) is 10.6 Å². The van der Waals surface area contributed by atoms with Crippen molar-refractivity contribution in [1.29, 1.82) is 0 Å². The van der Waals surface area contributed by atoms with Crippen molar-refractivity contribution in [2.24, 2.45) is 17.8 Å². The summed E-state index contributed by atoms with van der Waals surface area (Å²) < 4.78 is 0. The number of carboxylic acids is 1. The van der Waals surface area contributed by atoms with Gasteiger partial charge in [0.25, 0.3) is 5.91 Å². The lowest BCUT2D eigenvalue weighted by atomic mass is 9.78. The van der Waals surface area contributed by atoms with Gasteiger partial charge in [-0.2, -0.15) is 0 Å². The minimum atomic E-state index is -0.888. The van der Waals surface area contributed by atoms with Crippen molar-refractivity contribution < 1.29 is 19.5 Å². The second-order valence-corrected chi connectivity index (χ2v) is 9.50. The summed E-state index contributed by atoms with van der Waals surface area (Å²) in [6.45, 7) is 0.704. The second-order valence-electron chi connectivity index (χ2n) is 9.50. The first-order valence-corrected chi connectivity index (χ1v) is 11.8. The number of aliphatic carboxylic acids is 1. The molecule has 4 rings (SSSR count). The van der Waals surface area contributed by atoms with E-state index in [4.69, 9.17) is 0 Å². The molecular weight excluding hydrogens is 380 g/mol. The molecule has 0 bridgehead atoms. The van der Waals surface area contributed by atoms with E-state index in [0.29, 0.717) is 43.0 Å². The Morgan fingerprint density at radius 2 is 1.57 bits per heavy atom. The molecule has 164 valence electrons. The van der Waals surface area contributed by atoms with Crippen molar-refractivity contribution in [3.8, 4) is 0 Å². The van der Waals surface area contributed by atoms with Gasteiger partial charge in [-0.25, -0.2) is 0 Å². The minimum Gasteiger partial charge on any atom is -0.481 e. The fourth-order valence-corrected chi connectivity index (χ4v) is 5.87. The number of hydrogen-bond acceptors (Lipinski definition) is 3. The Labute approximate surface area is 178 Å². The highest BCUT2D eigenvalue weighted by atomic mass is 16.4. The lowest BCUT2D eigenvalue weighted by Gasteiger charge is -2.28. The van der Waals surface area contributed by atoms with Crippen molar-refractivity contribution in [3.05, 3.63) is 22.4 Å². The Morgan fingerprint density at radius 3 is 2.30 bits per heavy atom. The van der Waals surface area contributed by atoms with Crippen molar-refractivity contribution >= 4 is 17.8 Å². The van der Waals surface area contributed by atoms with E-state index in [0.717, 1.165) is 37.7 Å². The fraction of sp³-hybridized carbons (Fsp3) is 0.708. The predicted molar refractivity (Wildman–Crippen MR) is 113 cm³/mol. The van der Waals surface area contributed by atoms with Crippen molar-refractivity contribution in [3.63, 3.8) is 0 Å². The third-order valence-electron chi connectivity index (χ3n) is 7.52. The zero-order chi connectivity index (χ0) is 21.1. The number of nitrogens with one attached hydrogen (secondary N) is 2. The molecule has 0 aromatic heterocycles. The van der Waals surface area contributed by atoms with Gasteiger partial charge in [0.15, 0.2) is 0 Å².